The highest BCUT2D eigenvalue weighted by molar-refractivity contribution is 5.87. The van der Waals surface area contributed by atoms with Gasteiger partial charge in [0.05, 0.1) is 22.9 Å². The molecule has 2 atom stereocenters. The standard InChI is InChI=1S/C22H22F3N3O/c1-13(29)20(15-5-7-17(8-6-15)22(4,24)25)21(3,28-14(2)27)18-9-10-19(23)16(11-18)12-26/h5-11,20H,1-4H3,(H2,27,28). The second-order valence-corrected chi connectivity index (χ2v) is 7.26. The number of carbonyl (C=O) groups is 1. The number of nitrogens with two attached hydrogens (primary N) is 1. The average molecular weight is 401 g/mol. The first-order valence-electron chi connectivity index (χ1n) is 8.91. The number of amidine groups is 1. The van der Waals surface area contributed by atoms with Gasteiger partial charge in [-0.15, -0.1) is 0 Å². The number of hydrogen-bond acceptors (Lipinski definition) is 3. The largest absolute Gasteiger partial charge is 0.388 e. The first-order valence-corrected chi connectivity index (χ1v) is 8.91. The molecule has 7 heteroatoms. The van der Waals surface area contributed by atoms with E-state index in [9.17, 15) is 23.2 Å². The highest BCUT2D eigenvalue weighted by Gasteiger charge is 2.40. The summed E-state index contributed by atoms with van der Waals surface area (Å²) in [7, 11) is 0. The van der Waals surface area contributed by atoms with E-state index < -0.39 is 23.2 Å². The number of halogens is 3. The molecule has 0 bridgehead atoms. The van der Waals surface area contributed by atoms with Crippen molar-refractivity contribution >= 4 is 11.6 Å². The quantitative estimate of drug-likeness (QED) is 0.559. The van der Waals surface area contributed by atoms with Crippen molar-refractivity contribution in [1.29, 1.82) is 5.26 Å². The molecule has 0 aliphatic carbocycles. The number of alkyl halides is 2. The molecule has 2 aromatic rings. The van der Waals surface area contributed by atoms with Crippen LogP contribution in [0, 0.1) is 17.1 Å². The van der Waals surface area contributed by atoms with E-state index in [-0.39, 0.29) is 22.7 Å². The van der Waals surface area contributed by atoms with E-state index >= 15 is 0 Å². The third-order valence-corrected chi connectivity index (χ3v) is 4.80. The van der Waals surface area contributed by atoms with Gasteiger partial charge in [0.15, 0.2) is 0 Å². The fourth-order valence-corrected chi connectivity index (χ4v) is 3.51. The number of ketones is 1. The lowest BCUT2D eigenvalue weighted by atomic mass is 9.73. The van der Waals surface area contributed by atoms with E-state index in [1.54, 1.807) is 19.9 Å². The Labute approximate surface area is 167 Å². The summed E-state index contributed by atoms with van der Waals surface area (Å²) in [5.41, 5.74) is 5.03. The minimum Gasteiger partial charge on any atom is -0.388 e. The molecule has 0 amide bonds. The van der Waals surface area contributed by atoms with E-state index in [4.69, 9.17) is 5.73 Å². The van der Waals surface area contributed by atoms with Gasteiger partial charge >= 0.3 is 0 Å². The second-order valence-electron chi connectivity index (χ2n) is 7.26. The molecule has 0 aliphatic heterocycles. The average Bonchev–Trinajstić information content (AvgIpc) is 2.60. The molecule has 2 aromatic carbocycles. The Hall–Kier alpha value is -3.14. The van der Waals surface area contributed by atoms with Crippen LogP contribution >= 0.6 is 0 Å². The normalized spacial score (nSPS) is 15.3. The monoisotopic (exact) mass is 401 g/mol. The number of Topliss-reactive ketones (excluding diaryl/α,β-unsaturated/α-hetero) is 1. The van der Waals surface area contributed by atoms with Gasteiger partial charge in [-0.3, -0.25) is 9.79 Å². The number of aliphatic imine (C=N–C) groups is 1. The van der Waals surface area contributed by atoms with E-state index in [2.05, 4.69) is 4.99 Å². The first kappa shape index (κ1) is 22.2. The fourth-order valence-electron chi connectivity index (χ4n) is 3.51. The van der Waals surface area contributed by atoms with Crippen molar-refractivity contribution in [3.8, 4) is 6.07 Å². The van der Waals surface area contributed by atoms with Gasteiger partial charge in [-0.1, -0.05) is 30.3 Å². The minimum atomic E-state index is -3.02. The van der Waals surface area contributed by atoms with Gasteiger partial charge in [-0.05, 0) is 44.0 Å². The lowest BCUT2D eigenvalue weighted by molar-refractivity contribution is -0.119. The van der Waals surface area contributed by atoms with E-state index in [1.807, 2.05) is 0 Å². The molecule has 0 saturated heterocycles. The van der Waals surface area contributed by atoms with Gasteiger partial charge < -0.3 is 5.73 Å². The summed E-state index contributed by atoms with van der Waals surface area (Å²) in [6, 6.07) is 11.1. The number of hydrogen-bond donors (Lipinski definition) is 1. The smallest absolute Gasteiger partial charge is 0.270 e. The maximum Gasteiger partial charge on any atom is 0.270 e. The van der Waals surface area contributed by atoms with Gasteiger partial charge in [0, 0.05) is 12.5 Å². The fraction of sp³-hybridized carbons (Fsp3) is 0.318. The molecule has 4 nitrogen and oxygen atoms in total. The van der Waals surface area contributed by atoms with Crippen LogP contribution in [0.5, 0.6) is 0 Å². The zero-order chi connectivity index (χ0) is 22.0. The summed E-state index contributed by atoms with van der Waals surface area (Å²) < 4.78 is 41.0. The van der Waals surface area contributed by atoms with Gasteiger partial charge in [0.25, 0.3) is 5.92 Å². The minimum absolute atomic E-state index is 0.179. The molecular weight excluding hydrogens is 379 g/mol. The molecule has 2 N–H and O–H groups in total. The van der Waals surface area contributed by atoms with E-state index in [1.165, 1.54) is 43.3 Å². The highest BCUT2D eigenvalue weighted by Crippen LogP contribution is 2.42. The van der Waals surface area contributed by atoms with Crippen molar-refractivity contribution in [2.75, 3.05) is 0 Å². The number of nitrogens with zero attached hydrogens (tertiary/aromatic N) is 2. The van der Waals surface area contributed by atoms with Crippen LogP contribution in [0.3, 0.4) is 0 Å². The first-order chi connectivity index (χ1) is 13.4. The topological polar surface area (TPSA) is 79.2 Å². The Morgan fingerprint density at radius 3 is 2.10 bits per heavy atom. The molecule has 0 heterocycles. The Balaban J connectivity index is 2.71. The molecule has 0 radical (unpaired) electrons. The lowest BCUT2D eigenvalue weighted by Gasteiger charge is -2.34. The number of rotatable bonds is 6. The number of carbonyl (C=O) groups excluding carboxylic acids is 1. The van der Waals surface area contributed by atoms with Crippen molar-refractivity contribution in [1.82, 2.24) is 0 Å². The SMILES string of the molecule is CC(=O)C(c1ccc(C(C)(F)F)cc1)C(C)(N=C(C)N)c1ccc(F)c(C#N)c1. The Kier molecular flexibility index (Phi) is 6.17. The van der Waals surface area contributed by atoms with Crippen molar-refractivity contribution in [2.45, 2.75) is 45.1 Å². The maximum absolute atomic E-state index is 13.8. The van der Waals surface area contributed by atoms with Gasteiger partial charge in [0.1, 0.15) is 17.7 Å². The lowest BCUT2D eigenvalue weighted by Crippen LogP contribution is -2.35. The van der Waals surface area contributed by atoms with Crippen LogP contribution in [0.4, 0.5) is 13.2 Å². The van der Waals surface area contributed by atoms with Crippen molar-refractivity contribution < 1.29 is 18.0 Å². The Morgan fingerprint density at radius 1 is 1.10 bits per heavy atom. The molecule has 0 aliphatic rings. The summed E-state index contributed by atoms with van der Waals surface area (Å²) in [6.45, 7) is 5.34. The summed E-state index contributed by atoms with van der Waals surface area (Å²) in [5, 5.41) is 9.17. The second kappa shape index (κ2) is 8.08. The summed E-state index contributed by atoms with van der Waals surface area (Å²) >= 11 is 0. The van der Waals surface area contributed by atoms with Crippen LogP contribution in [0.25, 0.3) is 0 Å². The third-order valence-electron chi connectivity index (χ3n) is 4.80. The molecular formula is C22H22F3N3O. The Morgan fingerprint density at radius 2 is 1.66 bits per heavy atom. The van der Waals surface area contributed by atoms with Crippen LogP contribution in [0.15, 0.2) is 47.5 Å². The van der Waals surface area contributed by atoms with Gasteiger partial charge in [-0.2, -0.15) is 5.26 Å². The van der Waals surface area contributed by atoms with E-state index in [0.717, 1.165) is 13.0 Å². The highest BCUT2D eigenvalue weighted by atomic mass is 19.3. The van der Waals surface area contributed by atoms with Gasteiger partial charge in [0.2, 0.25) is 0 Å². The van der Waals surface area contributed by atoms with Crippen LogP contribution in [0.1, 0.15) is 55.9 Å². The molecule has 29 heavy (non-hydrogen) atoms. The predicted molar refractivity (Wildman–Crippen MR) is 105 cm³/mol. The van der Waals surface area contributed by atoms with Crippen LogP contribution < -0.4 is 5.73 Å². The predicted octanol–water partition coefficient (Wildman–Crippen LogP) is 4.77. The number of benzene rings is 2. The van der Waals surface area contributed by atoms with Crippen LogP contribution in [0.2, 0.25) is 0 Å². The van der Waals surface area contributed by atoms with Crippen LogP contribution in [-0.4, -0.2) is 11.6 Å². The number of nitriles is 1. The maximum atomic E-state index is 13.8. The third kappa shape index (κ3) is 4.65. The van der Waals surface area contributed by atoms with Crippen LogP contribution in [-0.2, 0) is 16.3 Å². The Bertz CT molecular complexity index is 984. The molecule has 0 fully saturated rings. The zero-order valence-electron chi connectivity index (χ0n) is 16.6. The molecule has 0 aromatic heterocycles. The summed E-state index contributed by atoms with van der Waals surface area (Å²) in [4.78, 5) is 17.1. The molecule has 0 spiro atoms. The molecule has 0 saturated carbocycles. The zero-order valence-corrected chi connectivity index (χ0v) is 16.6. The van der Waals surface area contributed by atoms with Crippen molar-refractivity contribution in [3.63, 3.8) is 0 Å². The van der Waals surface area contributed by atoms with Crippen molar-refractivity contribution in [3.05, 3.63) is 70.5 Å². The van der Waals surface area contributed by atoms with Crippen molar-refractivity contribution in [2.24, 2.45) is 10.7 Å². The van der Waals surface area contributed by atoms with E-state index in [0.29, 0.717) is 11.1 Å². The summed E-state index contributed by atoms with van der Waals surface area (Å²) in [6.07, 6.45) is 0. The molecule has 2 unspecified atom stereocenters. The summed E-state index contributed by atoms with van der Waals surface area (Å²) in [5.74, 6) is -4.70. The molecule has 2 rings (SSSR count). The molecule has 152 valence electrons. The van der Waals surface area contributed by atoms with Gasteiger partial charge in [-0.25, -0.2) is 13.2 Å².